The molecule has 0 fully saturated rings. The molecule has 2 rings (SSSR count). The number of hydrazine groups is 1. The Hall–Kier alpha value is -2.83. The fourth-order valence-electron chi connectivity index (χ4n) is 1.43. The van der Waals surface area contributed by atoms with Crippen molar-refractivity contribution in [2.75, 3.05) is 0 Å². The van der Waals surface area contributed by atoms with Crippen LogP contribution in [0, 0.1) is 12.7 Å². The number of halogens is 1. The number of carbonyl (C=O) groups excluding carboxylic acids is 2. The molecule has 0 saturated carbocycles. The number of nitrogens with one attached hydrogen (secondary N) is 2. The van der Waals surface area contributed by atoms with Crippen LogP contribution in [-0.2, 0) is 0 Å². The number of hydrogen-bond donors (Lipinski definition) is 2. The fraction of sp³-hybridized carbons (Fsp3) is 0.0769. The minimum atomic E-state index is -0.564. The van der Waals surface area contributed by atoms with Crippen LogP contribution in [0.1, 0.15) is 26.7 Å². The first-order valence-electron chi connectivity index (χ1n) is 5.72. The van der Waals surface area contributed by atoms with E-state index >= 15 is 0 Å². The highest BCUT2D eigenvalue weighted by atomic mass is 19.1. The quantitative estimate of drug-likeness (QED) is 0.800. The first kappa shape index (κ1) is 13.6. The van der Waals surface area contributed by atoms with E-state index < -0.39 is 17.6 Å². The molecule has 0 radical (unpaired) electrons. The zero-order valence-corrected chi connectivity index (χ0v) is 10.6. The number of carbonyl (C=O) groups is 2. The van der Waals surface area contributed by atoms with Gasteiger partial charge in [-0.05, 0) is 37.3 Å². The predicted molar refractivity (Wildman–Crippen MR) is 68.1 cm³/mol. The minimum Gasteiger partial charge on any atom is -0.267 e. The molecule has 0 atom stereocenters. The molecule has 0 spiro atoms. The van der Waals surface area contributed by atoms with Gasteiger partial charge in [0.15, 0.2) is 0 Å². The Morgan fingerprint density at radius 3 is 2.35 bits per heavy atom. The molecule has 7 heteroatoms. The SMILES string of the molecule is Cc1nccc(C(=O)NNC(=O)c2ccc(F)cc2)n1. The summed E-state index contributed by atoms with van der Waals surface area (Å²) in [5, 5.41) is 0. The Kier molecular flexibility index (Phi) is 3.99. The summed E-state index contributed by atoms with van der Waals surface area (Å²) in [6.07, 6.45) is 1.44. The lowest BCUT2D eigenvalue weighted by Gasteiger charge is -2.07. The lowest BCUT2D eigenvalue weighted by Crippen LogP contribution is -2.42. The van der Waals surface area contributed by atoms with Gasteiger partial charge in [0.2, 0.25) is 0 Å². The molecule has 0 aliphatic heterocycles. The maximum Gasteiger partial charge on any atom is 0.288 e. The first-order chi connectivity index (χ1) is 9.56. The van der Waals surface area contributed by atoms with Crippen molar-refractivity contribution in [2.24, 2.45) is 0 Å². The van der Waals surface area contributed by atoms with Gasteiger partial charge in [0.1, 0.15) is 17.3 Å². The Balaban J connectivity index is 1.96. The fourth-order valence-corrected chi connectivity index (χ4v) is 1.43. The number of amides is 2. The minimum absolute atomic E-state index is 0.136. The van der Waals surface area contributed by atoms with Crippen molar-refractivity contribution in [1.29, 1.82) is 0 Å². The summed E-state index contributed by atoms with van der Waals surface area (Å²) in [6, 6.07) is 6.36. The van der Waals surface area contributed by atoms with Gasteiger partial charge in [0.25, 0.3) is 11.8 Å². The van der Waals surface area contributed by atoms with E-state index in [2.05, 4.69) is 20.8 Å². The highest BCUT2D eigenvalue weighted by Gasteiger charge is 2.10. The van der Waals surface area contributed by atoms with Gasteiger partial charge in [0, 0.05) is 11.8 Å². The second-order valence-electron chi connectivity index (χ2n) is 3.90. The lowest BCUT2D eigenvalue weighted by molar-refractivity contribution is 0.0843. The zero-order chi connectivity index (χ0) is 14.5. The summed E-state index contributed by atoms with van der Waals surface area (Å²) in [5.74, 6) is -1.11. The van der Waals surface area contributed by atoms with Gasteiger partial charge < -0.3 is 0 Å². The molecule has 1 aromatic heterocycles. The van der Waals surface area contributed by atoms with Gasteiger partial charge in [-0.2, -0.15) is 0 Å². The number of benzene rings is 1. The molecule has 102 valence electrons. The van der Waals surface area contributed by atoms with Crippen LogP contribution in [0.25, 0.3) is 0 Å². The molecule has 0 aliphatic carbocycles. The Morgan fingerprint density at radius 2 is 1.70 bits per heavy atom. The maximum atomic E-state index is 12.7. The molecular formula is C13H11FN4O2. The highest BCUT2D eigenvalue weighted by molar-refractivity contribution is 5.98. The van der Waals surface area contributed by atoms with Gasteiger partial charge in [0.05, 0.1) is 0 Å². The normalized spacial score (nSPS) is 9.90. The largest absolute Gasteiger partial charge is 0.288 e. The van der Waals surface area contributed by atoms with E-state index in [1.807, 2.05) is 0 Å². The van der Waals surface area contributed by atoms with Crippen molar-refractivity contribution in [3.63, 3.8) is 0 Å². The van der Waals surface area contributed by atoms with E-state index in [0.717, 1.165) is 12.1 Å². The molecule has 0 unspecified atom stereocenters. The molecule has 20 heavy (non-hydrogen) atoms. The molecule has 0 saturated heterocycles. The van der Waals surface area contributed by atoms with Crippen molar-refractivity contribution >= 4 is 11.8 Å². The van der Waals surface area contributed by atoms with Crippen LogP contribution < -0.4 is 10.9 Å². The summed E-state index contributed by atoms with van der Waals surface area (Å²) in [5.41, 5.74) is 4.79. The maximum absolute atomic E-state index is 12.7. The van der Waals surface area contributed by atoms with Crippen LogP contribution in [0.2, 0.25) is 0 Å². The number of rotatable bonds is 2. The zero-order valence-electron chi connectivity index (χ0n) is 10.6. The molecule has 1 heterocycles. The monoisotopic (exact) mass is 274 g/mol. The Morgan fingerprint density at radius 1 is 1.05 bits per heavy atom. The summed E-state index contributed by atoms with van der Waals surface area (Å²) in [4.78, 5) is 31.2. The molecule has 1 aromatic carbocycles. The second-order valence-corrected chi connectivity index (χ2v) is 3.90. The van der Waals surface area contributed by atoms with E-state index in [-0.39, 0.29) is 11.3 Å². The van der Waals surface area contributed by atoms with Gasteiger partial charge in [-0.15, -0.1) is 0 Å². The lowest BCUT2D eigenvalue weighted by atomic mass is 10.2. The third kappa shape index (κ3) is 3.35. The number of aromatic nitrogens is 2. The van der Waals surface area contributed by atoms with Crippen LogP contribution in [0.5, 0.6) is 0 Å². The number of nitrogens with zero attached hydrogens (tertiary/aromatic N) is 2. The summed E-state index contributed by atoms with van der Waals surface area (Å²) in [7, 11) is 0. The second kappa shape index (κ2) is 5.87. The van der Waals surface area contributed by atoms with Crippen LogP contribution >= 0.6 is 0 Å². The average molecular weight is 274 g/mol. The van der Waals surface area contributed by atoms with Gasteiger partial charge in [-0.3, -0.25) is 20.4 Å². The smallest absolute Gasteiger partial charge is 0.267 e. The average Bonchev–Trinajstić information content (AvgIpc) is 2.45. The van der Waals surface area contributed by atoms with E-state index in [1.165, 1.54) is 24.4 Å². The van der Waals surface area contributed by atoms with Crippen molar-refractivity contribution in [1.82, 2.24) is 20.8 Å². The number of aryl methyl sites for hydroxylation is 1. The van der Waals surface area contributed by atoms with E-state index in [4.69, 9.17) is 0 Å². The van der Waals surface area contributed by atoms with Crippen molar-refractivity contribution in [2.45, 2.75) is 6.92 Å². The van der Waals surface area contributed by atoms with Gasteiger partial charge in [-0.1, -0.05) is 0 Å². The van der Waals surface area contributed by atoms with Crippen LogP contribution in [0.15, 0.2) is 36.5 Å². The van der Waals surface area contributed by atoms with E-state index in [9.17, 15) is 14.0 Å². The van der Waals surface area contributed by atoms with Gasteiger partial charge in [-0.25, -0.2) is 14.4 Å². The molecular weight excluding hydrogens is 263 g/mol. The standard InChI is InChI=1S/C13H11FN4O2/c1-8-15-7-6-11(16-8)13(20)18-17-12(19)9-2-4-10(14)5-3-9/h2-7H,1H3,(H,17,19)(H,18,20). The van der Waals surface area contributed by atoms with E-state index in [1.54, 1.807) is 6.92 Å². The topological polar surface area (TPSA) is 84.0 Å². The summed E-state index contributed by atoms with van der Waals surface area (Å²) in [6.45, 7) is 1.65. The van der Waals surface area contributed by atoms with Gasteiger partial charge >= 0.3 is 0 Å². The van der Waals surface area contributed by atoms with Crippen molar-refractivity contribution in [3.05, 3.63) is 59.4 Å². The molecule has 0 aliphatic rings. The first-order valence-corrected chi connectivity index (χ1v) is 5.72. The van der Waals surface area contributed by atoms with Crippen molar-refractivity contribution in [3.8, 4) is 0 Å². The Bertz CT molecular complexity index is 643. The molecule has 2 amide bonds. The molecule has 6 nitrogen and oxygen atoms in total. The Labute approximate surface area is 114 Å². The molecule has 0 bridgehead atoms. The van der Waals surface area contributed by atoms with Crippen LogP contribution in [0.3, 0.4) is 0 Å². The summed E-state index contributed by atoms with van der Waals surface area (Å²) >= 11 is 0. The van der Waals surface area contributed by atoms with Crippen molar-refractivity contribution < 1.29 is 14.0 Å². The highest BCUT2D eigenvalue weighted by Crippen LogP contribution is 2.02. The number of hydrogen-bond acceptors (Lipinski definition) is 4. The third-order valence-electron chi connectivity index (χ3n) is 2.40. The summed E-state index contributed by atoms with van der Waals surface area (Å²) < 4.78 is 12.7. The van der Waals surface area contributed by atoms with Crippen LogP contribution in [0.4, 0.5) is 4.39 Å². The molecule has 2 aromatic rings. The third-order valence-corrected chi connectivity index (χ3v) is 2.40. The van der Waals surface area contributed by atoms with Crippen LogP contribution in [-0.4, -0.2) is 21.8 Å². The van der Waals surface area contributed by atoms with E-state index in [0.29, 0.717) is 5.82 Å². The molecule has 2 N–H and O–H groups in total. The predicted octanol–water partition coefficient (Wildman–Crippen LogP) is 0.999.